The van der Waals surface area contributed by atoms with Crippen molar-refractivity contribution >= 4 is 23.2 Å². The lowest BCUT2D eigenvalue weighted by molar-refractivity contribution is -0.121. The summed E-state index contributed by atoms with van der Waals surface area (Å²) in [7, 11) is 0. The molecular weight excluding hydrogens is 370 g/mol. The van der Waals surface area contributed by atoms with Crippen molar-refractivity contribution in [2.24, 2.45) is 0 Å². The van der Waals surface area contributed by atoms with E-state index < -0.39 is 0 Å². The second kappa shape index (κ2) is 7.94. The molecule has 2 aromatic carbocycles. The number of nitrogens with one attached hydrogen (secondary N) is 2. The van der Waals surface area contributed by atoms with Gasteiger partial charge in [0.2, 0.25) is 5.91 Å². The molecule has 1 heterocycles. The van der Waals surface area contributed by atoms with E-state index in [4.69, 9.17) is 0 Å². The molecular formula is C22H21N3O2S. The van der Waals surface area contributed by atoms with Crippen molar-refractivity contribution < 1.29 is 9.59 Å². The lowest BCUT2D eigenvalue weighted by atomic mass is 10.0. The van der Waals surface area contributed by atoms with Gasteiger partial charge in [-0.3, -0.25) is 20.4 Å². The molecule has 0 saturated carbocycles. The third-order valence-corrected chi connectivity index (χ3v) is 6.07. The summed E-state index contributed by atoms with van der Waals surface area (Å²) in [4.78, 5) is 29.7. The van der Waals surface area contributed by atoms with E-state index in [0.717, 1.165) is 29.0 Å². The van der Waals surface area contributed by atoms with Crippen molar-refractivity contribution in [2.45, 2.75) is 32.6 Å². The summed E-state index contributed by atoms with van der Waals surface area (Å²) in [5.74, 6) is -0.587. The number of nitrogens with zero attached hydrogens (tertiary/aromatic N) is 1. The van der Waals surface area contributed by atoms with Crippen molar-refractivity contribution in [3.8, 4) is 10.6 Å². The van der Waals surface area contributed by atoms with Gasteiger partial charge in [0.15, 0.2) is 0 Å². The lowest BCUT2D eigenvalue weighted by Gasteiger charge is -2.08. The number of hydrogen-bond donors (Lipinski definition) is 2. The lowest BCUT2D eigenvalue weighted by Crippen LogP contribution is -2.42. The Labute approximate surface area is 167 Å². The van der Waals surface area contributed by atoms with Gasteiger partial charge in [0.25, 0.3) is 5.91 Å². The highest BCUT2D eigenvalue weighted by molar-refractivity contribution is 7.17. The van der Waals surface area contributed by atoms with Crippen LogP contribution in [-0.4, -0.2) is 16.8 Å². The molecule has 0 fully saturated rings. The fraction of sp³-hybridized carbons (Fsp3) is 0.227. The number of aryl methyl sites for hydroxylation is 3. The Morgan fingerprint density at radius 3 is 2.64 bits per heavy atom. The van der Waals surface area contributed by atoms with Crippen molar-refractivity contribution in [2.75, 3.05) is 0 Å². The van der Waals surface area contributed by atoms with Crippen LogP contribution in [-0.2, 0) is 24.1 Å². The molecule has 2 N–H and O–H groups in total. The average molecular weight is 391 g/mol. The van der Waals surface area contributed by atoms with Gasteiger partial charge in [-0.2, -0.15) is 0 Å². The van der Waals surface area contributed by atoms with Crippen molar-refractivity contribution in [3.63, 3.8) is 0 Å². The first-order valence-corrected chi connectivity index (χ1v) is 10.1. The zero-order chi connectivity index (χ0) is 19.5. The number of hydrogen-bond acceptors (Lipinski definition) is 4. The van der Waals surface area contributed by atoms with Gasteiger partial charge in [0.05, 0.1) is 12.1 Å². The van der Waals surface area contributed by atoms with Crippen LogP contribution in [0.15, 0.2) is 48.5 Å². The van der Waals surface area contributed by atoms with Gasteiger partial charge in [-0.25, -0.2) is 4.98 Å². The highest BCUT2D eigenvalue weighted by atomic mass is 32.1. The van der Waals surface area contributed by atoms with Gasteiger partial charge in [-0.1, -0.05) is 48.5 Å². The Bertz CT molecular complexity index is 1030. The molecule has 0 radical (unpaired) electrons. The van der Waals surface area contributed by atoms with E-state index in [1.165, 1.54) is 28.9 Å². The summed E-state index contributed by atoms with van der Waals surface area (Å²) in [6.07, 6.45) is 3.62. The third-order valence-electron chi connectivity index (χ3n) is 4.87. The molecule has 28 heavy (non-hydrogen) atoms. The summed E-state index contributed by atoms with van der Waals surface area (Å²) in [6, 6.07) is 15.9. The molecule has 0 saturated heterocycles. The zero-order valence-corrected chi connectivity index (χ0v) is 16.4. The summed E-state index contributed by atoms with van der Waals surface area (Å²) in [5.41, 5.74) is 10.3. The minimum absolute atomic E-state index is 0.239. The normalized spacial score (nSPS) is 12.5. The summed E-state index contributed by atoms with van der Waals surface area (Å²) in [5, 5.41) is 0.785. The molecule has 1 aliphatic carbocycles. The maximum absolute atomic E-state index is 12.5. The minimum Gasteiger partial charge on any atom is -0.273 e. The quantitative estimate of drug-likeness (QED) is 0.668. The Morgan fingerprint density at radius 1 is 1.04 bits per heavy atom. The predicted molar refractivity (Wildman–Crippen MR) is 110 cm³/mol. The average Bonchev–Trinajstić information content (AvgIpc) is 3.33. The maximum Gasteiger partial charge on any atom is 0.281 e. The van der Waals surface area contributed by atoms with E-state index in [1.807, 2.05) is 36.4 Å². The highest BCUT2D eigenvalue weighted by Crippen LogP contribution is 2.27. The van der Waals surface area contributed by atoms with E-state index in [2.05, 4.69) is 28.0 Å². The van der Waals surface area contributed by atoms with Crippen molar-refractivity contribution in [3.05, 3.63) is 75.8 Å². The Hall–Kier alpha value is -2.99. The Kier molecular flexibility index (Phi) is 5.21. The standard InChI is InChI=1S/C22H21N3O2S/c1-14-20(28-22(23-14)17-6-3-2-4-7-17)21(27)25-24-19(26)13-15-10-11-16-8-5-9-18(16)12-15/h2-4,6-7,10-12H,5,8-9,13H2,1H3,(H,24,26)(H,25,27). The first-order valence-electron chi connectivity index (χ1n) is 9.33. The van der Waals surface area contributed by atoms with Crippen molar-refractivity contribution in [1.29, 1.82) is 0 Å². The SMILES string of the molecule is Cc1nc(-c2ccccc2)sc1C(=O)NNC(=O)Cc1ccc2c(c1)CCC2. The van der Waals surface area contributed by atoms with Gasteiger partial charge < -0.3 is 0 Å². The first kappa shape index (κ1) is 18.4. The second-order valence-electron chi connectivity index (χ2n) is 6.94. The Balaban J connectivity index is 1.36. The van der Waals surface area contributed by atoms with Crippen LogP contribution in [0.2, 0.25) is 0 Å². The van der Waals surface area contributed by atoms with Crippen LogP contribution < -0.4 is 10.9 Å². The minimum atomic E-state index is -0.348. The summed E-state index contributed by atoms with van der Waals surface area (Å²) in [6.45, 7) is 1.80. The number of carbonyl (C=O) groups excluding carboxylic acids is 2. The van der Waals surface area contributed by atoms with Gasteiger partial charge in [-0.05, 0) is 42.9 Å². The molecule has 6 heteroatoms. The van der Waals surface area contributed by atoms with Crippen LogP contribution in [0.5, 0.6) is 0 Å². The van der Waals surface area contributed by atoms with Gasteiger partial charge in [-0.15, -0.1) is 11.3 Å². The molecule has 1 aliphatic rings. The zero-order valence-electron chi connectivity index (χ0n) is 15.6. The molecule has 3 aromatic rings. The van der Waals surface area contributed by atoms with Gasteiger partial charge >= 0.3 is 0 Å². The number of amides is 2. The molecule has 0 unspecified atom stereocenters. The molecule has 142 valence electrons. The number of fused-ring (bicyclic) bond motifs is 1. The predicted octanol–water partition coefficient (Wildman–Crippen LogP) is 3.61. The molecule has 1 aromatic heterocycles. The van der Waals surface area contributed by atoms with Gasteiger partial charge in [0.1, 0.15) is 9.88 Å². The fourth-order valence-electron chi connectivity index (χ4n) is 3.46. The summed E-state index contributed by atoms with van der Waals surface area (Å²) >= 11 is 1.32. The van der Waals surface area contributed by atoms with E-state index >= 15 is 0 Å². The smallest absolute Gasteiger partial charge is 0.273 e. The van der Waals surface area contributed by atoms with E-state index in [9.17, 15) is 9.59 Å². The van der Waals surface area contributed by atoms with E-state index in [1.54, 1.807) is 6.92 Å². The summed E-state index contributed by atoms with van der Waals surface area (Å²) < 4.78 is 0. The molecule has 0 bridgehead atoms. The topological polar surface area (TPSA) is 71.1 Å². The highest BCUT2D eigenvalue weighted by Gasteiger charge is 2.17. The molecule has 4 rings (SSSR count). The van der Waals surface area contributed by atoms with Gasteiger partial charge in [0, 0.05) is 5.56 Å². The number of hydrazine groups is 1. The van der Waals surface area contributed by atoms with Crippen molar-refractivity contribution in [1.82, 2.24) is 15.8 Å². The Morgan fingerprint density at radius 2 is 1.82 bits per heavy atom. The van der Waals surface area contributed by atoms with Crippen LogP contribution in [0.4, 0.5) is 0 Å². The molecule has 5 nitrogen and oxygen atoms in total. The monoisotopic (exact) mass is 391 g/mol. The van der Waals surface area contributed by atoms with Crippen LogP contribution >= 0.6 is 11.3 Å². The third kappa shape index (κ3) is 3.97. The number of thiazole rings is 1. The number of rotatable bonds is 4. The first-order chi connectivity index (χ1) is 13.6. The fourth-order valence-corrected chi connectivity index (χ4v) is 4.43. The maximum atomic E-state index is 12.5. The van der Waals surface area contributed by atoms with E-state index in [-0.39, 0.29) is 18.2 Å². The second-order valence-corrected chi connectivity index (χ2v) is 7.93. The van der Waals surface area contributed by atoms with E-state index in [0.29, 0.717) is 10.6 Å². The van der Waals surface area contributed by atoms with Crippen LogP contribution in [0.25, 0.3) is 10.6 Å². The largest absolute Gasteiger partial charge is 0.281 e. The molecule has 0 aliphatic heterocycles. The number of benzene rings is 2. The molecule has 0 atom stereocenters. The molecule has 0 spiro atoms. The van der Waals surface area contributed by atoms with Crippen LogP contribution in [0, 0.1) is 6.92 Å². The number of carbonyl (C=O) groups is 2. The van der Waals surface area contributed by atoms with Crippen LogP contribution in [0.3, 0.4) is 0 Å². The van der Waals surface area contributed by atoms with Crippen LogP contribution in [0.1, 0.15) is 38.5 Å². The molecule has 2 amide bonds. The number of aromatic nitrogens is 1.